The highest BCUT2D eigenvalue weighted by Crippen LogP contribution is 2.30. The van der Waals surface area contributed by atoms with Gasteiger partial charge in [-0.3, -0.25) is 9.59 Å². The Morgan fingerprint density at radius 2 is 1.81 bits per heavy atom. The molecule has 0 aliphatic carbocycles. The number of hydrogen-bond donors (Lipinski definition) is 1. The van der Waals surface area contributed by atoms with Crippen LogP contribution in [0.3, 0.4) is 0 Å². The molecule has 2 aliphatic rings. The third-order valence-corrected chi connectivity index (χ3v) is 5.18. The molecule has 0 aromatic heterocycles. The van der Waals surface area contributed by atoms with Crippen LogP contribution >= 0.6 is 0 Å². The number of fused-ring (bicyclic) bond motifs is 1. The van der Waals surface area contributed by atoms with Gasteiger partial charge in [0, 0.05) is 43.6 Å². The van der Waals surface area contributed by atoms with Gasteiger partial charge in [0.15, 0.2) is 0 Å². The molecular formula is C21H23N3O3. The molecule has 2 heterocycles. The number of nitrogens with zero attached hydrogens (tertiary/aromatic N) is 2. The van der Waals surface area contributed by atoms with Gasteiger partial charge in [-0.15, -0.1) is 0 Å². The first-order valence-electron chi connectivity index (χ1n) is 9.26. The first-order valence-corrected chi connectivity index (χ1v) is 9.26. The van der Waals surface area contributed by atoms with E-state index >= 15 is 0 Å². The van der Waals surface area contributed by atoms with E-state index in [9.17, 15) is 9.59 Å². The van der Waals surface area contributed by atoms with Gasteiger partial charge in [0.2, 0.25) is 5.91 Å². The van der Waals surface area contributed by atoms with E-state index in [1.165, 1.54) is 0 Å². The largest absolute Gasteiger partial charge is 0.378 e. The smallest absolute Gasteiger partial charge is 0.257 e. The number of nitrogens with one attached hydrogen (secondary N) is 1. The molecule has 2 aliphatic heterocycles. The number of anilines is 3. The van der Waals surface area contributed by atoms with Gasteiger partial charge in [0.1, 0.15) is 0 Å². The normalized spacial score (nSPS) is 16.9. The molecule has 1 N–H and O–H groups in total. The lowest BCUT2D eigenvalue weighted by Crippen LogP contribution is -2.37. The summed E-state index contributed by atoms with van der Waals surface area (Å²) in [7, 11) is 1.79. The number of hydrogen-bond acceptors (Lipinski definition) is 4. The van der Waals surface area contributed by atoms with Crippen molar-refractivity contribution >= 4 is 28.9 Å². The zero-order valence-corrected chi connectivity index (χ0v) is 15.4. The van der Waals surface area contributed by atoms with Crippen molar-refractivity contribution in [1.29, 1.82) is 0 Å². The van der Waals surface area contributed by atoms with Crippen LogP contribution in [0.5, 0.6) is 0 Å². The Bertz CT molecular complexity index is 875. The van der Waals surface area contributed by atoms with E-state index in [4.69, 9.17) is 4.74 Å². The lowest BCUT2D eigenvalue weighted by Gasteiger charge is -2.30. The number of rotatable bonds is 3. The Labute approximate surface area is 158 Å². The number of aryl methyl sites for hydroxylation is 1. The van der Waals surface area contributed by atoms with Crippen LogP contribution in [0.2, 0.25) is 0 Å². The number of amides is 2. The predicted octanol–water partition coefficient (Wildman–Crippen LogP) is 2.68. The van der Waals surface area contributed by atoms with Crippen LogP contribution in [0.4, 0.5) is 17.1 Å². The van der Waals surface area contributed by atoms with Gasteiger partial charge in [-0.05, 0) is 42.3 Å². The first-order chi connectivity index (χ1) is 13.1. The molecule has 0 atom stereocenters. The molecule has 2 aromatic rings. The quantitative estimate of drug-likeness (QED) is 0.908. The summed E-state index contributed by atoms with van der Waals surface area (Å²) < 4.78 is 5.42. The molecule has 0 bridgehead atoms. The molecule has 0 radical (unpaired) electrons. The number of ether oxygens (including phenoxy) is 1. The summed E-state index contributed by atoms with van der Waals surface area (Å²) in [5, 5.41) is 3.01. The summed E-state index contributed by atoms with van der Waals surface area (Å²) in [6, 6.07) is 13.4. The maximum atomic E-state index is 12.9. The molecule has 6 nitrogen and oxygen atoms in total. The summed E-state index contributed by atoms with van der Waals surface area (Å²) in [5.74, 6) is -0.00370. The van der Waals surface area contributed by atoms with E-state index in [1.807, 2.05) is 42.5 Å². The van der Waals surface area contributed by atoms with Crippen molar-refractivity contribution in [2.45, 2.75) is 12.8 Å². The molecule has 2 aromatic carbocycles. The van der Waals surface area contributed by atoms with Crippen molar-refractivity contribution in [2.24, 2.45) is 0 Å². The van der Waals surface area contributed by atoms with Crippen LogP contribution in [-0.4, -0.2) is 45.2 Å². The van der Waals surface area contributed by atoms with Crippen LogP contribution < -0.4 is 15.1 Å². The van der Waals surface area contributed by atoms with Gasteiger partial charge < -0.3 is 19.9 Å². The third-order valence-electron chi connectivity index (χ3n) is 5.18. The topological polar surface area (TPSA) is 61.9 Å². The molecule has 6 heteroatoms. The number of benzene rings is 2. The highest BCUT2D eigenvalue weighted by Gasteiger charge is 2.22. The van der Waals surface area contributed by atoms with Crippen molar-refractivity contribution in [1.82, 2.24) is 0 Å². The minimum atomic E-state index is -0.128. The molecule has 2 amide bonds. The molecular weight excluding hydrogens is 342 g/mol. The van der Waals surface area contributed by atoms with Gasteiger partial charge in [-0.1, -0.05) is 12.1 Å². The second-order valence-electron chi connectivity index (χ2n) is 6.87. The lowest BCUT2D eigenvalue weighted by molar-refractivity contribution is -0.118. The summed E-state index contributed by atoms with van der Waals surface area (Å²) in [6.45, 7) is 2.91. The van der Waals surface area contributed by atoms with Crippen LogP contribution in [0, 0.1) is 0 Å². The van der Waals surface area contributed by atoms with Gasteiger partial charge in [-0.2, -0.15) is 0 Å². The van der Waals surface area contributed by atoms with Crippen LogP contribution in [0.25, 0.3) is 0 Å². The van der Waals surface area contributed by atoms with Crippen LogP contribution in [0.15, 0.2) is 42.5 Å². The highest BCUT2D eigenvalue weighted by atomic mass is 16.5. The number of morpholine rings is 1. The maximum Gasteiger partial charge on any atom is 0.257 e. The van der Waals surface area contributed by atoms with E-state index in [1.54, 1.807) is 11.9 Å². The SMILES string of the molecule is CN1C(=O)CCc2cc(NC(=O)c3ccccc3N3CCOCC3)ccc21. The van der Waals surface area contributed by atoms with Crippen molar-refractivity contribution in [3.05, 3.63) is 53.6 Å². The summed E-state index contributed by atoms with van der Waals surface area (Å²) in [5.41, 5.74) is 4.33. The maximum absolute atomic E-state index is 12.9. The highest BCUT2D eigenvalue weighted by molar-refractivity contribution is 6.08. The fraction of sp³-hybridized carbons (Fsp3) is 0.333. The van der Waals surface area contributed by atoms with Gasteiger partial charge in [-0.25, -0.2) is 0 Å². The molecule has 0 unspecified atom stereocenters. The van der Waals surface area contributed by atoms with E-state index in [0.717, 1.165) is 35.7 Å². The second-order valence-corrected chi connectivity index (χ2v) is 6.87. The molecule has 0 saturated carbocycles. The minimum Gasteiger partial charge on any atom is -0.378 e. The minimum absolute atomic E-state index is 0.124. The van der Waals surface area contributed by atoms with Crippen molar-refractivity contribution in [3.8, 4) is 0 Å². The van der Waals surface area contributed by atoms with Crippen molar-refractivity contribution in [2.75, 3.05) is 48.5 Å². The van der Waals surface area contributed by atoms with E-state index in [0.29, 0.717) is 31.6 Å². The Hall–Kier alpha value is -2.86. The van der Waals surface area contributed by atoms with Crippen molar-refractivity contribution in [3.63, 3.8) is 0 Å². The van der Waals surface area contributed by atoms with E-state index in [-0.39, 0.29) is 11.8 Å². The zero-order valence-electron chi connectivity index (χ0n) is 15.4. The molecule has 4 rings (SSSR count). The molecule has 27 heavy (non-hydrogen) atoms. The number of carbonyl (C=O) groups is 2. The summed E-state index contributed by atoms with van der Waals surface area (Å²) >= 11 is 0. The Morgan fingerprint density at radius 3 is 2.63 bits per heavy atom. The molecule has 1 fully saturated rings. The Morgan fingerprint density at radius 1 is 1.04 bits per heavy atom. The van der Waals surface area contributed by atoms with Crippen LogP contribution in [-0.2, 0) is 16.0 Å². The zero-order chi connectivity index (χ0) is 18.8. The predicted molar refractivity (Wildman–Crippen MR) is 106 cm³/mol. The van der Waals surface area contributed by atoms with E-state index < -0.39 is 0 Å². The van der Waals surface area contributed by atoms with Crippen molar-refractivity contribution < 1.29 is 14.3 Å². The van der Waals surface area contributed by atoms with Crippen LogP contribution in [0.1, 0.15) is 22.3 Å². The van der Waals surface area contributed by atoms with Gasteiger partial charge in [0.05, 0.1) is 18.8 Å². The Kier molecular flexibility index (Phi) is 4.81. The molecule has 0 spiro atoms. The summed E-state index contributed by atoms with van der Waals surface area (Å²) in [6.07, 6.45) is 1.20. The monoisotopic (exact) mass is 365 g/mol. The van der Waals surface area contributed by atoms with Gasteiger partial charge in [0.25, 0.3) is 5.91 Å². The Balaban J connectivity index is 1.56. The second kappa shape index (κ2) is 7.40. The average Bonchev–Trinajstić information content (AvgIpc) is 2.71. The molecule has 140 valence electrons. The third kappa shape index (κ3) is 3.53. The fourth-order valence-electron chi connectivity index (χ4n) is 3.68. The fourth-order valence-corrected chi connectivity index (χ4v) is 3.68. The van der Waals surface area contributed by atoms with E-state index in [2.05, 4.69) is 10.2 Å². The summed E-state index contributed by atoms with van der Waals surface area (Å²) in [4.78, 5) is 28.6. The first kappa shape index (κ1) is 17.5. The lowest BCUT2D eigenvalue weighted by atomic mass is 10.0. The number of carbonyl (C=O) groups excluding carboxylic acids is 2. The molecule has 1 saturated heterocycles. The van der Waals surface area contributed by atoms with Gasteiger partial charge >= 0.3 is 0 Å². The number of para-hydroxylation sites is 1. The standard InChI is InChI=1S/C21H23N3O3/c1-23-18-8-7-16(14-15(18)6-9-20(23)25)22-21(26)17-4-2-3-5-19(17)24-10-12-27-13-11-24/h2-5,7-8,14H,6,9-13H2,1H3,(H,22,26). The average molecular weight is 365 g/mol.